The van der Waals surface area contributed by atoms with Crippen molar-refractivity contribution < 1.29 is 42.4 Å². The number of esters is 3. The molecule has 1 fully saturated rings. The zero-order valence-electron chi connectivity index (χ0n) is 22.9. The Labute approximate surface area is 231 Å². The lowest BCUT2D eigenvalue weighted by Crippen LogP contribution is -2.50. The third-order valence-corrected chi connectivity index (χ3v) is 7.04. The number of carbonyl (C=O) groups excluding carboxylic acids is 3. The summed E-state index contributed by atoms with van der Waals surface area (Å²) in [6, 6.07) is 4.19. The lowest BCUT2D eigenvalue weighted by molar-refractivity contribution is -0.173. The van der Waals surface area contributed by atoms with Crippen molar-refractivity contribution in [1.29, 1.82) is 5.26 Å². The number of nitrogen functional groups attached to an aromatic ring is 1. The number of rotatable bonds is 11. The van der Waals surface area contributed by atoms with E-state index in [1.54, 1.807) is 39.8 Å². The van der Waals surface area contributed by atoms with Crippen molar-refractivity contribution in [3.8, 4) is 6.07 Å². The van der Waals surface area contributed by atoms with Crippen molar-refractivity contribution >= 4 is 37.4 Å². The van der Waals surface area contributed by atoms with Gasteiger partial charge < -0.3 is 24.7 Å². The Morgan fingerprint density at radius 1 is 1.18 bits per heavy atom. The lowest BCUT2D eigenvalue weighted by Gasteiger charge is -2.28. The summed E-state index contributed by atoms with van der Waals surface area (Å²) in [5.74, 6) is -3.06. The fourth-order valence-corrected chi connectivity index (χ4v) is 4.64. The minimum absolute atomic E-state index is 0.162. The van der Waals surface area contributed by atoms with E-state index in [-0.39, 0.29) is 5.82 Å². The molecular weight excluding hydrogens is 547 g/mol. The average Bonchev–Trinajstić information content (AvgIpc) is 3.47. The van der Waals surface area contributed by atoms with Gasteiger partial charge in [0.05, 0.1) is 24.6 Å². The van der Waals surface area contributed by atoms with E-state index in [9.17, 15) is 24.2 Å². The number of ether oxygens (including phenoxy) is 4. The molecule has 40 heavy (non-hydrogen) atoms. The van der Waals surface area contributed by atoms with Gasteiger partial charge in [-0.2, -0.15) is 10.4 Å². The predicted molar refractivity (Wildman–Crippen MR) is 137 cm³/mol. The van der Waals surface area contributed by atoms with E-state index in [0.29, 0.717) is 11.2 Å². The van der Waals surface area contributed by atoms with Crippen molar-refractivity contribution in [2.75, 3.05) is 19.5 Å². The molecule has 2 aromatic heterocycles. The van der Waals surface area contributed by atoms with Crippen LogP contribution in [0.4, 0.5) is 5.82 Å². The second-order valence-electron chi connectivity index (χ2n) is 9.71. The molecule has 1 aliphatic heterocycles. The van der Waals surface area contributed by atoms with Crippen LogP contribution in [0, 0.1) is 23.2 Å². The minimum atomic E-state index is -2.72. The SMILES string of the molecule is COC(=O)[C@H](C)N[P+](=O)OC[C@@]1(C#N)O[C@@H](c2ccc3c(N)ncnn23)[C@H](OC(=O)C(C)C)[C@@H]1OC(=O)C(C)C. The van der Waals surface area contributed by atoms with Crippen LogP contribution in [0.25, 0.3) is 5.52 Å². The highest BCUT2D eigenvalue weighted by Gasteiger charge is 2.62. The molecule has 0 bridgehead atoms. The normalized spacial score (nSPS) is 23.6. The van der Waals surface area contributed by atoms with Crippen LogP contribution in [-0.2, 0) is 42.4 Å². The lowest BCUT2D eigenvalue weighted by atomic mass is 9.95. The van der Waals surface area contributed by atoms with Gasteiger partial charge in [-0.1, -0.05) is 32.8 Å². The summed E-state index contributed by atoms with van der Waals surface area (Å²) in [6.45, 7) is 7.12. The molecule has 2 aromatic rings. The number of hydrogen-bond donors (Lipinski definition) is 2. The molecule has 0 spiro atoms. The number of nitriles is 1. The number of fused-ring (bicyclic) bond motifs is 1. The van der Waals surface area contributed by atoms with Crippen molar-refractivity contribution in [2.24, 2.45) is 11.8 Å². The number of nitrogens with one attached hydrogen (secondary N) is 1. The van der Waals surface area contributed by atoms with Gasteiger partial charge in [-0.15, -0.1) is 4.52 Å². The molecule has 15 nitrogen and oxygen atoms in total. The first-order chi connectivity index (χ1) is 18.8. The zero-order chi connectivity index (χ0) is 29.8. The summed E-state index contributed by atoms with van der Waals surface area (Å²) in [5.41, 5.74) is 4.60. The van der Waals surface area contributed by atoms with E-state index in [1.807, 2.05) is 6.07 Å². The molecule has 0 aromatic carbocycles. The average molecular weight is 580 g/mol. The molecule has 6 atom stereocenters. The maximum absolute atomic E-state index is 12.8. The Bertz CT molecular complexity index is 1330. The fourth-order valence-electron chi connectivity index (χ4n) is 3.84. The number of carbonyl (C=O) groups is 3. The summed E-state index contributed by atoms with van der Waals surface area (Å²) in [5, 5.41) is 17.0. The first-order valence-electron chi connectivity index (χ1n) is 12.4. The Hall–Kier alpha value is -3.70. The van der Waals surface area contributed by atoms with Gasteiger partial charge in [-0.05, 0) is 23.6 Å². The Kier molecular flexibility index (Phi) is 9.75. The summed E-state index contributed by atoms with van der Waals surface area (Å²) in [7, 11) is -1.55. The highest BCUT2D eigenvalue weighted by Crippen LogP contribution is 2.45. The van der Waals surface area contributed by atoms with Gasteiger partial charge in [0, 0.05) is 0 Å². The van der Waals surface area contributed by atoms with Gasteiger partial charge in [-0.3, -0.25) is 14.4 Å². The molecule has 0 saturated carbocycles. The van der Waals surface area contributed by atoms with Crippen LogP contribution in [0.5, 0.6) is 0 Å². The van der Waals surface area contributed by atoms with Crippen molar-refractivity contribution in [1.82, 2.24) is 19.7 Å². The van der Waals surface area contributed by atoms with Gasteiger partial charge >= 0.3 is 26.1 Å². The first-order valence-corrected chi connectivity index (χ1v) is 13.5. The monoisotopic (exact) mass is 579 g/mol. The summed E-state index contributed by atoms with van der Waals surface area (Å²) < 4.78 is 41.7. The molecule has 0 radical (unpaired) electrons. The number of nitrogens with zero attached hydrogens (tertiary/aromatic N) is 4. The van der Waals surface area contributed by atoms with Gasteiger partial charge in [0.1, 0.15) is 30.1 Å². The minimum Gasteiger partial charge on any atom is -0.468 e. The molecule has 3 heterocycles. The zero-order valence-corrected chi connectivity index (χ0v) is 23.8. The highest BCUT2D eigenvalue weighted by atomic mass is 31.1. The largest absolute Gasteiger partial charge is 0.613 e. The van der Waals surface area contributed by atoms with Crippen LogP contribution in [0.15, 0.2) is 18.5 Å². The van der Waals surface area contributed by atoms with Crippen LogP contribution >= 0.6 is 8.18 Å². The number of methoxy groups -OCH3 is 1. The topological polar surface area (TPSA) is 206 Å². The molecule has 1 unspecified atom stereocenters. The van der Waals surface area contributed by atoms with E-state index in [1.165, 1.54) is 24.9 Å². The number of hydrogen-bond acceptors (Lipinski definition) is 13. The summed E-state index contributed by atoms with van der Waals surface area (Å²) >= 11 is 0. The number of anilines is 1. The molecule has 1 saturated heterocycles. The van der Waals surface area contributed by atoms with Crippen LogP contribution in [0.1, 0.15) is 46.4 Å². The standard InChI is InChI=1S/C24H32N6O9P/c1-12(2)21(31)37-18-17(15-7-8-16-20(26)27-11-28-30(15)16)39-24(9-25,19(18)38-22(32)13(3)4)10-36-40(34)29-14(5)23(33)35-6/h7-8,11-14,17-19H,10H2,1-6H3,(H,29,34)(H2,26,27,28)/q+1/t14-,17-,18-,19-,24+/m0/s1. The molecular formula is C24H32N6O9P+. The third-order valence-electron chi connectivity index (χ3n) is 6.07. The van der Waals surface area contributed by atoms with E-state index < -0.39 is 74.5 Å². The van der Waals surface area contributed by atoms with Crippen LogP contribution in [0.2, 0.25) is 0 Å². The van der Waals surface area contributed by atoms with Gasteiger partial charge in [0.25, 0.3) is 0 Å². The summed E-state index contributed by atoms with van der Waals surface area (Å²) in [6.07, 6.45) is -2.83. The Balaban J connectivity index is 2.06. The van der Waals surface area contributed by atoms with E-state index in [0.717, 1.165) is 0 Å². The molecule has 0 amide bonds. The van der Waals surface area contributed by atoms with Crippen molar-refractivity contribution in [2.45, 2.75) is 64.6 Å². The summed E-state index contributed by atoms with van der Waals surface area (Å²) in [4.78, 5) is 41.2. The van der Waals surface area contributed by atoms with Gasteiger partial charge in [0.2, 0.25) is 5.60 Å². The van der Waals surface area contributed by atoms with Crippen molar-refractivity contribution in [3.63, 3.8) is 0 Å². The Morgan fingerprint density at radius 2 is 1.82 bits per heavy atom. The van der Waals surface area contributed by atoms with Crippen LogP contribution in [0.3, 0.4) is 0 Å². The Morgan fingerprint density at radius 3 is 2.42 bits per heavy atom. The number of nitrogens with two attached hydrogens (primary N) is 1. The molecule has 3 rings (SSSR count). The van der Waals surface area contributed by atoms with Gasteiger partial charge in [-0.25, -0.2) is 9.50 Å². The highest BCUT2D eigenvalue weighted by molar-refractivity contribution is 7.36. The fraction of sp³-hybridized carbons (Fsp3) is 0.583. The van der Waals surface area contributed by atoms with Crippen LogP contribution < -0.4 is 10.8 Å². The maximum Gasteiger partial charge on any atom is 0.613 e. The molecule has 216 valence electrons. The molecule has 3 N–H and O–H groups in total. The van der Waals surface area contributed by atoms with E-state index >= 15 is 0 Å². The second kappa shape index (κ2) is 12.6. The van der Waals surface area contributed by atoms with Crippen LogP contribution in [-0.4, -0.2) is 70.1 Å². The number of aromatic nitrogens is 3. The smallest absolute Gasteiger partial charge is 0.468 e. The molecule has 16 heteroatoms. The van der Waals surface area contributed by atoms with Gasteiger partial charge in [0.15, 0.2) is 24.6 Å². The quantitative estimate of drug-likeness (QED) is 0.220. The molecule has 0 aliphatic carbocycles. The molecule has 1 aliphatic rings. The first kappa shape index (κ1) is 30.8. The predicted octanol–water partition coefficient (Wildman–Crippen LogP) is 1.61. The van der Waals surface area contributed by atoms with Crippen molar-refractivity contribution in [3.05, 3.63) is 24.2 Å². The van der Waals surface area contributed by atoms with E-state index in [4.69, 9.17) is 24.5 Å². The van der Waals surface area contributed by atoms with E-state index in [2.05, 4.69) is 19.9 Å². The maximum atomic E-state index is 12.8. The second-order valence-corrected chi connectivity index (χ2v) is 10.7. The third kappa shape index (κ3) is 6.37.